The van der Waals surface area contributed by atoms with Crippen molar-refractivity contribution < 1.29 is 19.0 Å². The first-order valence-electron chi connectivity index (χ1n) is 6.02. The first kappa shape index (κ1) is 15.9. The van der Waals surface area contributed by atoms with Gasteiger partial charge in [0.15, 0.2) is 11.5 Å². The smallest absolute Gasteiger partial charge is 0.162 e. The zero-order valence-corrected chi connectivity index (χ0v) is 12.9. The van der Waals surface area contributed by atoms with Crippen LogP contribution in [-0.2, 0) is 0 Å². The summed E-state index contributed by atoms with van der Waals surface area (Å²) in [5, 5.41) is 10.9. The maximum atomic E-state index is 13.1. The summed E-state index contributed by atoms with van der Waals surface area (Å²) in [7, 11) is 2.97. The van der Waals surface area contributed by atoms with Gasteiger partial charge in [0.25, 0.3) is 0 Å². The third-order valence-corrected chi connectivity index (χ3v) is 3.71. The number of halogens is 3. The van der Waals surface area contributed by atoms with Crippen LogP contribution in [0.15, 0.2) is 30.3 Å². The molecule has 0 aliphatic rings. The first-order chi connectivity index (χ1) is 9.97. The van der Waals surface area contributed by atoms with Gasteiger partial charge in [-0.1, -0.05) is 29.3 Å². The van der Waals surface area contributed by atoms with Crippen molar-refractivity contribution in [2.24, 2.45) is 0 Å². The standard InChI is InChI=1S/C15H13Cl2FO3/c1-20-13-6-10(12(17)7-14(13)21-2)15(19)9-4-3-8(18)5-11(9)16/h3-7,15,19H,1-2H3. The highest BCUT2D eigenvalue weighted by molar-refractivity contribution is 6.32. The van der Waals surface area contributed by atoms with Gasteiger partial charge >= 0.3 is 0 Å². The van der Waals surface area contributed by atoms with Crippen LogP contribution in [0.4, 0.5) is 4.39 Å². The van der Waals surface area contributed by atoms with Crippen molar-refractivity contribution in [1.29, 1.82) is 0 Å². The molecule has 0 amide bonds. The van der Waals surface area contributed by atoms with Gasteiger partial charge in [-0.05, 0) is 18.2 Å². The molecule has 6 heteroatoms. The Bertz CT molecular complexity index is 662. The largest absolute Gasteiger partial charge is 0.493 e. The van der Waals surface area contributed by atoms with Crippen molar-refractivity contribution in [3.63, 3.8) is 0 Å². The van der Waals surface area contributed by atoms with E-state index in [2.05, 4.69) is 0 Å². The lowest BCUT2D eigenvalue weighted by molar-refractivity contribution is 0.219. The van der Waals surface area contributed by atoms with E-state index in [0.29, 0.717) is 27.6 Å². The average molecular weight is 331 g/mol. The minimum atomic E-state index is -1.11. The van der Waals surface area contributed by atoms with Gasteiger partial charge in [-0.3, -0.25) is 0 Å². The Morgan fingerprint density at radius 3 is 2.10 bits per heavy atom. The molecule has 0 saturated carbocycles. The van der Waals surface area contributed by atoms with Gasteiger partial charge < -0.3 is 14.6 Å². The molecule has 2 aromatic carbocycles. The Labute approximate surface area is 131 Å². The van der Waals surface area contributed by atoms with E-state index in [-0.39, 0.29) is 5.02 Å². The predicted octanol–water partition coefficient (Wildman–Crippen LogP) is 4.23. The molecule has 0 radical (unpaired) electrons. The number of hydrogen-bond acceptors (Lipinski definition) is 3. The van der Waals surface area contributed by atoms with E-state index in [9.17, 15) is 9.50 Å². The molecule has 0 spiro atoms. The van der Waals surface area contributed by atoms with Gasteiger partial charge in [0.2, 0.25) is 0 Å². The summed E-state index contributed by atoms with van der Waals surface area (Å²) in [4.78, 5) is 0. The molecule has 3 nitrogen and oxygen atoms in total. The summed E-state index contributed by atoms with van der Waals surface area (Å²) in [5.41, 5.74) is 0.745. The molecule has 0 aliphatic heterocycles. The van der Waals surface area contributed by atoms with Crippen LogP contribution in [0.5, 0.6) is 11.5 Å². The molecule has 0 aliphatic carbocycles. The Balaban J connectivity index is 2.50. The average Bonchev–Trinajstić information content (AvgIpc) is 2.46. The van der Waals surface area contributed by atoms with Crippen LogP contribution in [-0.4, -0.2) is 19.3 Å². The third-order valence-electron chi connectivity index (χ3n) is 3.05. The van der Waals surface area contributed by atoms with Gasteiger partial charge in [-0.2, -0.15) is 0 Å². The fraction of sp³-hybridized carbons (Fsp3) is 0.200. The maximum absolute atomic E-state index is 13.1. The summed E-state index contributed by atoms with van der Waals surface area (Å²) in [6.45, 7) is 0. The van der Waals surface area contributed by atoms with Gasteiger partial charge in [0.05, 0.1) is 19.2 Å². The summed E-state index contributed by atoms with van der Waals surface area (Å²) < 4.78 is 23.4. The van der Waals surface area contributed by atoms with Crippen molar-refractivity contribution in [3.8, 4) is 11.5 Å². The van der Waals surface area contributed by atoms with Crippen molar-refractivity contribution in [2.45, 2.75) is 6.10 Å². The lowest BCUT2D eigenvalue weighted by Gasteiger charge is -2.17. The van der Waals surface area contributed by atoms with Gasteiger partial charge in [0, 0.05) is 22.2 Å². The summed E-state index contributed by atoms with van der Waals surface area (Å²) in [5.74, 6) is 0.396. The molecular formula is C15H13Cl2FO3. The second-order valence-electron chi connectivity index (χ2n) is 4.30. The number of benzene rings is 2. The van der Waals surface area contributed by atoms with Crippen LogP contribution in [0.25, 0.3) is 0 Å². The summed E-state index contributed by atoms with van der Waals surface area (Å²) >= 11 is 12.1. The van der Waals surface area contributed by atoms with E-state index >= 15 is 0 Å². The van der Waals surface area contributed by atoms with Gasteiger partial charge in [0.1, 0.15) is 11.9 Å². The van der Waals surface area contributed by atoms with Crippen molar-refractivity contribution in [2.75, 3.05) is 14.2 Å². The number of rotatable bonds is 4. The number of hydrogen-bond donors (Lipinski definition) is 1. The molecule has 112 valence electrons. The SMILES string of the molecule is COc1cc(Cl)c(C(O)c2ccc(F)cc2Cl)cc1OC. The minimum absolute atomic E-state index is 0.119. The highest BCUT2D eigenvalue weighted by Gasteiger charge is 2.20. The van der Waals surface area contributed by atoms with E-state index in [4.69, 9.17) is 32.7 Å². The Morgan fingerprint density at radius 1 is 0.952 bits per heavy atom. The van der Waals surface area contributed by atoms with Crippen LogP contribution in [0, 0.1) is 5.82 Å². The quantitative estimate of drug-likeness (QED) is 0.911. The van der Waals surface area contributed by atoms with Crippen LogP contribution < -0.4 is 9.47 Å². The minimum Gasteiger partial charge on any atom is -0.493 e. The second kappa shape index (κ2) is 6.52. The zero-order valence-electron chi connectivity index (χ0n) is 11.4. The molecule has 2 aromatic rings. The molecular weight excluding hydrogens is 318 g/mol. The lowest BCUT2D eigenvalue weighted by atomic mass is 10.0. The lowest BCUT2D eigenvalue weighted by Crippen LogP contribution is -2.03. The third kappa shape index (κ3) is 3.23. The van der Waals surface area contributed by atoms with E-state index in [0.717, 1.165) is 6.07 Å². The normalized spacial score (nSPS) is 12.1. The highest BCUT2D eigenvalue weighted by atomic mass is 35.5. The molecule has 0 aromatic heterocycles. The summed E-state index contributed by atoms with van der Waals surface area (Å²) in [6.07, 6.45) is -1.11. The van der Waals surface area contributed by atoms with E-state index in [1.54, 1.807) is 6.07 Å². The highest BCUT2D eigenvalue weighted by Crippen LogP contribution is 2.39. The predicted molar refractivity (Wildman–Crippen MR) is 80.0 cm³/mol. The van der Waals surface area contributed by atoms with Crippen molar-refractivity contribution in [1.82, 2.24) is 0 Å². The molecule has 0 heterocycles. The fourth-order valence-electron chi connectivity index (χ4n) is 1.97. The molecule has 1 N–H and O–H groups in total. The van der Waals surface area contributed by atoms with E-state index in [1.165, 1.54) is 32.4 Å². The topological polar surface area (TPSA) is 38.7 Å². The van der Waals surface area contributed by atoms with Gasteiger partial charge in [-0.25, -0.2) is 4.39 Å². The molecule has 0 bridgehead atoms. The molecule has 1 unspecified atom stereocenters. The second-order valence-corrected chi connectivity index (χ2v) is 5.11. The molecule has 0 saturated heterocycles. The van der Waals surface area contributed by atoms with E-state index in [1.807, 2.05) is 0 Å². The fourth-order valence-corrected chi connectivity index (χ4v) is 2.50. The number of methoxy groups -OCH3 is 2. The maximum Gasteiger partial charge on any atom is 0.162 e. The number of ether oxygens (including phenoxy) is 2. The summed E-state index contributed by atoms with van der Waals surface area (Å²) in [6, 6.07) is 6.87. The molecule has 1 atom stereocenters. The number of aliphatic hydroxyl groups is 1. The number of aliphatic hydroxyl groups excluding tert-OH is 1. The Kier molecular flexibility index (Phi) is 4.93. The molecule has 0 fully saturated rings. The zero-order chi connectivity index (χ0) is 15.6. The van der Waals surface area contributed by atoms with Crippen LogP contribution in [0.3, 0.4) is 0 Å². The van der Waals surface area contributed by atoms with Crippen LogP contribution >= 0.6 is 23.2 Å². The molecule has 2 rings (SSSR count). The monoisotopic (exact) mass is 330 g/mol. The van der Waals surface area contributed by atoms with E-state index < -0.39 is 11.9 Å². The Hall–Kier alpha value is -1.49. The van der Waals surface area contributed by atoms with Crippen LogP contribution in [0.2, 0.25) is 10.0 Å². The first-order valence-corrected chi connectivity index (χ1v) is 6.78. The van der Waals surface area contributed by atoms with Crippen molar-refractivity contribution >= 4 is 23.2 Å². The van der Waals surface area contributed by atoms with Gasteiger partial charge in [-0.15, -0.1) is 0 Å². The van der Waals surface area contributed by atoms with Crippen LogP contribution in [0.1, 0.15) is 17.2 Å². The molecule has 21 heavy (non-hydrogen) atoms. The van der Waals surface area contributed by atoms with Crippen molar-refractivity contribution in [3.05, 3.63) is 57.3 Å². The Morgan fingerprint density at radius 2 is 1.52 bits per heavy atom.